The highest BCUT2D eigenvalue weighted by molar-refractivity contribution is 6.48. The second kappa shape index (κ2) is 7.39. The second-order valence-electron chi connectivity index (χ2n) is 6.10. The largest absolute Gasteiger partial charge is 0.481 e. The van der Waals surface area contributed by atoms with E-state index >= 15 is 0 Å². The maximum Gasteiger partial charge on any atom is 0.296 e. The van der Waals surface area contributed by atoms with E-state index in [2.05, 4.69) is 24.1 Å². The van der Waals surface area contributed by atoms with Gasteiger partial charge >= 0.3 is 0 Å². The lowest BCUT2D eigenvalue weighted by Gasteiger charge is -2.12. The van der Waals surface area contributed by atoms with Gasteiger partial charge in [0.1, 0.15) is 0 Å². The van der Waals surface area contributed by atoms with Crippen LogP contribution in [0.15, 0.2) is 48.8 Å². The number of hydrogen-bond acceptors (Lipinski definition) is 4. The van der Waals surface area contributed by atoms with Crippen molar-refractivity contribution in [2.75, 3.05) is 12.4 Å². The number of nitrogens with one attached hydrogen (secondary N) is 1. The first-order chi connectivity index (χ1) is 12.5. The van der Waals surface area contributed by atoms with Crippen molar-refractivity contribution in [3.05, 3.63) is 54.4 Å². The van der Waals surface area contributed by atoms with E-state index in [4.69, 9.17) is 4.74 Å². The van der Waals surface area contributed by atoms with E-state index in [1.165, 1.54) is 13.3 Å². The van der Waals surface area contributed by atoms with Crippen molar-refractivity contribution in [2.45, 2.75) is 26.3 Å². The molecule has 2 aromatic heterocycles. The van der Waals surface area contributed by atoms with Crippen molar-refractivity contribution >= 4 is 28.3 Å². The summed E-state index contributed by atoms with van der Waals surface area (Å²) >= 11 is 0. The minimum Gasteiger partial charge on any atom is -0.481 e. The quantitative estimate of drug-likeness (QED) is 0.541. The normalized spacial score (nSPS) is 12.0. The molecule has 0 saturated carbocycles. The predicted molar refractivity (Wildman–Crippen MR) is 101 cm³/mol. The lowest BCUT2D eigenvalue weighted by Crippen LogP contribution is -2.22. The summed E-state index contributed by atoms with van der Waals surface area (Å²) in [6.07, 6.45) is 4.15. The van der Waals surface area contributed by atoms with E-state index in [0.717, 1.165) is 17.3 Å². The molecule has 0 spiro atoms. The number of ether oxygens (including phenoxy) is 1. The average Bonchev–Trinajstić information content (AvgIpc) is 3.07. The van der Waals surface area contributed by atoms with Gasteiger partial charge in [0.25, 0.3) is 11.7 Å². The number of methoxy groups -OCH3 is 1. The van der Waals surface area contributed by atoms with Crippen LogP contribution >= 0.6 is 0 Å². The molecule has 0 aliphatic heterocycles. The van der Waals surface area contributed by atoms with Crippen LogP contribution in [0.2, 0.25) is 0 Å². The number of rotatable bonds is 6. The average molecular weight is 351 g/mol. The molecule has 134 valence electrons. The van der Waals surface area contributed by atoms with Crippen LogP contribution in [0.1, 0.15) is 36.7 Å². The number of benzene rings is 1. The number of carbonyl (C=O) groups is 2. The van der Waals surface area contributed by atoms with Crippen LogP contribution in [0.25, 0.3) is 10.9 Å². The Morgan fingerprint density at radius 1 is 1.23 bits per heavy atom. The Kier molecular flexibility index (Phi) is 5.02. The molecule has 0 aliphatic rings. The summed E-state index contributed by atoms with van der Waals surface area (Å²) in [6, 6.07) is 11.1. The van der Waals surface area contributed by atoms with E-state index in [0.29, 0.717) is 17.1 Å². The fourth-order valence-electron chi connectivity index (χ4n) is 2.83. The monoisotopic (exact) mass is 351 g/mol. The second-order valence-corrected chi connectivity index (χ2v) is 6.10. The molecule has 1 atom stereocenters. The number of pyridine rings is 1. The molecule has 0 radical (unpaired) electrons. The number of amides is 1. The smallest absolute Gasteiger partial charge is 0.296 e. The Morgan fingerprint density at radius 2 is 2.00 bits per heavy atom. The van der Waals surface area contributed by atoms with Gasteiger partial charge in [-0.1, -0.05) is 25.1 Å². The van der Waals surface area contributed by atoms with Crippen LogP contribution in [-0.4, -0.2) is 28.4 Å². The summed E-state index contributed by atoms with van der Waals surface area (Å²) in [4.78, 5) is 29.2. The summed E-state index contributed by atoms with van der Waals surface area (Å²) in [6.45, 7) is 4.17. The van der Waals surface area contributed by atoms with Gasteiger partial charge in [0.2, 0.25) is 5.88 Å². The fourth-order valence-corrected chi connectivity index (χ4v) is 2.83. The molecule has 1 amide bonds. The number of aromatic nitrogens is 2. The maximum absolute atomic E-state index is 12.7. The fraction of sp³-hybridized carbons (Fsp3) is 0.250. The van der Waals surface area contributed by atoms with E-state index < -0.39 is 11.7 Å². The summed E-state index contributed by atoms with van der Waals surface area (Å²) in [5.41, 5.74) is 1.79. The zero-order valence-corrected chi connectivity index (χ0v) is 15.0. The summed E-state index contributed by atoms with van der Waals surface area (Å²) in [5.74, 6) is -0.825. The molecule has 6 heteroatoms. The standard InChI is InChI=1S/C20H21N3O3/c1-4-13(2)23-12-16(15-7-5-6-8-17(15)23)19(24)20(25)22-14-9-10-18(26-3)21-11-14/h5-13H,4H2,1-3H3,(H,22,25). The van der Waals surface area contributed by atoms with Crippen LogP contribution < -0.4 is 10.1 Å². The van der Waals surface area contributed by atoms with Gasteiger partial charge < -0.3 is 14.6 Å². The maximum atomic E-state index is 12.7. The SMILES string of the molecule is CCC(C)n1cc(C(=O)C(=O)Nc2ccc(OC)nc2)c2ccccc21. The van der Waals surface area contributed by atoms with Crippen molar-refractivity contribution in [1.29, 1.82) is 0 Å². The minimum absolute atomic E-state index is 0.232. The Hall–Kier alpha value is -3.15. The Balaban J connectivity index is 1.90. The lowest BCUT2D eigenvalue weighted by atomic mass is 10.1. The summed E-state index contributed by atoms with van der Waals surface area (Å²) < 4.78 is 7.03. The third-order valence-corrected chi connectivity index (χ3v) is 4.46. The number of nitrogens with zero attached hydrogens (tertiary/aromatic N) is 2. The van der Waals surface area contributed by atoms with Gasteiger partial charge in [-0.25, -0.2) is 4.98 Å². The lowest BCUT2D eigenvalue weighted by molar-refractivity contribution is -0.112. The van der Waals surface area contributed by atoms with Crippen LogP contribution in [0.4, 0.5) is 5.69 Å². The van der Waals surface area contributed by atoms with E-state index in [1.807, 2.05) is 28.8 Å². The van der Waals surface area contributed by atoms with Gasteiger partial charge in [-0.3, -0.25) is 9.59 Å². The van der Waals surface area contributed by atoms with Gasteiger partial charge in [0.05, 0.1) is 24.6 Å². The molecule has 0 saturated heterocycles. The first-order valence-electron chi connectivity index (χ1n) is 8.50. The zero-order valence-electron chi connectivity index (χ0n) is 15.0. The molecule has 3 rings (SSSR count). The number of ketones is 1. The Bertz CT molecular complexity index is 945. The molecule has 1 aromatic carbocycles. The molecule has 0 bridgehead atoms. The Labute approximate surface area is 151 Å². The number of para-hydroxylation sites is 1. The molecular formula is C20H21N3O3. The van der Waals surface area contributed by atoms with Gasteiger partial charge in [0.15, 0.2) is 0 Å². The number of fused-ring (bicyclic) bond motifs is 1. The van der Waals surface area contributed by atoms with Gasteiger partial charge in [0, 0.05) is 29.2 Å². The van der Waals surface area contributed by atoms with E-state index in [9.17, 15) is 9.59 Å². The molecule has 26 heavy (non-hydrogen) atoms. The third kappa shape index (κ3) is 3.31. The van der Waals surface area contributed by atoms with Gasteiger partial charge in [-0.15, -0.1) is 0 Å². The zero-order chi connectivity index (χ0) is 18.7. The van der Waals surface area contributed by atoms with Crippen molar-refractivity contribution in [3.63, 3.8) is 0 Å². The molecule has 6 nitrogen and oxygen atoms in total. The van der Waals surface area contributed by atoms with Gasteiger partial charge in [-0.05, 0) is 25.5 Å². The number of Topliss-reactive ketones (excluding diaryl/α,β-unsaturated/α-hetero) is 1. The van der Waals surface area contributed by atoms with Crippen molar-refractivity contribution < 1.29 is 14.3 Å². The molecule has 0 aliphatic carbocycles. The predicted octanol–water partition coefficient (Wildman–Crippen LogP) is 3.84. The molecule has 3 aromatic rings. The van der Waals surface area contributed by atoms with Crippen LogP contribution in [0.3, 0.4) is 0 Å². The van der Waals surface area contributed by atoms with Crippen LogP contribution in [-0.2, 0) is 4.79 Å². The van der Waals surface area contributed by atoms with E-state index in [-0.39, 0.29) is 6.04 Å². The molecule has 2 heterocycles. The summed E-state index contributed by atoms with van der Waals surface area (Å²) in [5, 5.41) is 3.37. The third-order valence-electron chi connectivity index (χ3n) is 4.46. The highest BCUT2D eigenvalue weighted by Gasteiger charge is 2.22. The first kappa shape index (κ1) is 17.7. The molecule has 1 N–H and O–H groups in total. The first-order valence-corrected chi connectivity index (χ1v) is 8.50. The van der Waals surface area contributed by atoms with Crippen molar-refractivity contribution in [3.8, 4) is 5.88 Å². The molecular weight excluding hydrogens is 330 g/mol. The molecule has 0 fully saturated rings. The molecule has 1 unspecified atom stereocenters. The minimum atomic E-state index is -0.691. The topological polar surface area (TPSA) is 73.2 Å². The number of carbonyl (C=O) groups excluding carboxylic acids is 2. The number of hydrogen-bond donors (Lipinski definition) is 1. The highest BCUT2D eigenvalue weighted by atomic mass is 16.5. The highest BCUT2D eigenvalue weighted by Crippen LogP contribution is 2.26. The van der Waals surface area contributed by atoms with Gasteiger partial charge in [-0.2, -0.15) is 0 Å². The van der Waals surface area contributed by atoms with Crippen LogP contribution in [0.5, 0.6) is 5.88 Å². The van der Waals surface area contributed by atoms with Crippen molar-refractivity contribution in [1.82, 2.24) is 9.55 Å². The van der Waals surface area contributed by atoms with E-state index in [1.54, 1.807) is 18.3 Å². The van der Waals surface area contributed by atoms with Crippen molar-refractivity contribution in [2.24, 2.45) is 0 Å². The summed E-state index contributed by atoms with van der Waals surface area (Å²) in [7, 11) is 1.51. The van der Waals surface area contributed by atoms with Crippen LogP contribution in [0, 0.1) is 0 Å². The number of anilines is 1. The Morgan fingerprint density at radius 3 is 2.65 bits per heavy atom.